The highest BCUT2D eigenvalue weighted by Gasteiger charge is 2.43. The van der Waals surface area contributed by atoms with Crippen LogP contribution in [0.3, 0.4) is 0 Å². The van der Waals surface area contributed by atoms with Crippen molar-refractivity contribution in [3.05, 3.63) is 0 Å². The Bertz CT molecular complexity index is 382. The third-order valence-corrected chi connectivity index (χ3v) is 4.89. The van der Waals surface area contributed by atoms with E-state index in [1.165, 1.54) is 0 Å². The van der Waals surface area contributed by atoms with Crippen molar-refractivity contribution >= 4 is 11.9 Å². The Morgan fingerprint density at radius 2 is 1.95 bits per heavy atom. The van der Waals surface area contributed by atoms with Gasteiger partial charge in [-0.1, -0.05) is 26.7 Å². The first-order valence-electron chi connectivity index (χ1n) is 8.39. The van der Waals surface area contributed by atoms with Gasteiger partial charge >= 0.3 is 5.97 Å². The molecule has 1 aliphatic carbocycles. The van der Waals surface area contributed by atoms with Gasteiger partial charge in [-0.05, 0) is 31.6 Å². The number of ether oxygens (including phenoxy) is 1. The van der Waals surface area contributed by atoms with E-state index in [2.05, 4.69) is 24.2 Å². The van der Waals surface area contributed by atoms with Gasteiger partial charge in [0.25, 0.3) is 0 Å². The van der Waals surface area contributed by atoms with Crippen molar-refractivity contribution in [3.63, 3.8) is 0 Å². The van der Waals surface area contributed by atoms with Gasteiger partial charge < -0.3 is 21.5 Å². The normalized spacial score (nSPS) is 27.0. The molecule has 0 spiro atoms. The maximum absolute atomic E-state index is 12.1. The average molecular weight is 312 g/mol. The molecule has 0 aromatic carbocycles. The Hall–Kier alpha value is -1.30. The van der Waals surface area contributed by atoms with Gasteiger partial charge in [0.2, 0.25) is 0 Å². The number of hydrogen-bond donors (Lipinski definition) is 3. The third kappa shape index (κ3) is 4.60. The van der Waals surface area contributed by atoms with Gasteiger partial charge in [0, 0.05) is 19.1 Å². The lowest BCUT2D eigenvalue weighted by atomic mass is 9.82. The summed E-state index contributed by atoms with van der Waals surface area (Å²) in [6.07, 6.45) is 3.54. The van der Waals surface area contributed by atoms with Crippen molar-refractivity contribution in [2.75, 3.05) is 13.7 Å². The first kappa shape index (κ1) is 18.7. The lowest BCUT2D eigenvalue weighted by Gasteiger charge is -2.31. The predicted molar refractivity (Wildman–Crippen MR) is 89.4 cm³/mol. The second-order valence-corrected chi connectivity index (χ2v) is 6.10. The molecule has 5 N–H and O–H groups in total. The molecule has 1 unspecified atom stereocenters. The number of guanidine groups is 1. The van der Waals surface area contributed by atoms with E-state index in [0.717, 1.165) is 19.3 Å². The first-order valence-corrected chi connectivity index (χ1v) is 8.39. The second kappa shape index (κ2) is 8.98. The number of esters is 1. The highest BCUT2D eigenvalue weighted by molar-refractivity contribution is 5.78. The molecule has 0 bridgehead atoms. The summed E-state index contributed by atoms with van der Waals surface area (Å²) in [5.41, 5.74) is 12.3. The van der Waals surface area contributed by atoms with E-state index in [1.54, 1.807) is 7.05 Å². The molecule has 128 valence electrons. The molecule has 0 radical (unpaired) electrons. The Labute approximate surface area is 134 Å². The lowest BCUT2D eigenvalue weighted by molar-refractivity contribution is -0.147. The van der Waals surface area contributed by atoms with Crippen LogP contribution in [0.5, 0.6) is 0 Å². The largest absolute Gasteiger partial charge is 0.466 e. The summed E-state index contributed by atoms with van der Waals surface area (Å²) in [4.78, 5) is 16.0. The highest BCUT2D eigenvalue weighted by atomic mass is 16.5. The zero-order valence-corrected chi connectivity index (χ0v) is 14.3. The summed E-state index contributed by atoms with van der Waals surface area (Å²) in [6, 6.07) is 0.130. The minimum Gasteiger partial charge on any atom is -0.466 e. The van der Waals surface area contributed by atoms with Gasteiger partial charge in [0.1, 0.15) is 0 Å². The number of nitrogens with two attached hydrogens (primary N) is 2. The SMILES string of the molecule is CCOC(=O)[C@H]1C[C@@H](NC(N)=NC)[C@H](C(N)C(CC)CC)C1. The van der Waals surface area contributed by atoms with Crippen LogP contribution in [0, 0.1) is 17.8 Å². The quantitative estimate of drug-likeness (QED) is 0.373. The molecule has 1 fully saturated rings. The fourth-order valence-electron chi connectivity index (χ4n) is 3.55. The van der Waals surface area contributed by atoms with Crippen LogP contribution >= 0.6 is 0 Å². The molecule has 0 aromatic rings. The Morgan fingerprint density at radius 1 is 1.32 bits per heavy atom. The van der Waals surface area contributed by atoms with Gasteiger partial charge in [0.05, 0.1) is 12.5 Å². The number of nitrogens with one attached hydrogen (secondary N) is 1. The molecule has 1 saturated carbocycles. The summed E-state index contributed by atoms with van der Waals surface area (Å²) in [5.74, 6) is 0.832. The van der Waals surface area contributed by atoms with Gasteiger partial charge in [-0.3, -0.25) is 9.79 Å². The minimum absolute atomic E-state index is 0.0524. The van der Waals surface area contributed by atoms with E-state index in [1.807, 2.05) is 6.92 Å². The molecule has 0 heterocycles. The van der Waals surface area contributed by atoms with Gasteiger partial charge in [-0.15, -0.1) is 0 Å². The molecule has 0 aliphatic heterocycles. The van der Waals surface area contributed by atoms with E-state index < -0.39 is 0 Å². The molecule has 1 rings (SSSR count). The molecule has 0 amide bonds. The van der Waals surface area contributed by atoms with Crippen molar-refractivity contribution in [2.45, 2.75) is 58.5 Å². The molecule has 6 heteroatoms. The molecule has 0 saturated heterocycles. The van der Waals surface area contributed by atoms with Gasteiger partial charge in [-0.2, -0.15) is 0 Å². The van der Waals surface area contributed by atoms with Crippen molar-refractivity contribution in [3.8, 4) is 0 Å². The smallest absolute Gasteiger partial charge is 0.309 e. The molecular weight excluding hydrogens is 280 g/mol. The summed E-state index contributed by atoms with van der Waals surface area (Å²) in [7, 11) is 1.65. The minimum atomic E-state index is -0.124. The molecule has 22 heavy (non-hydrogen) atoms. The summed E-state index contributed by atoms with van der Waals surface area (Å²) >= 11 is 0. The van der Waals surface area contributed by atoms with Crippen molar-refractivity contribution in [1.82, 2.24) is 5.32 Å². The molecule has 4 atom stereocenters. The predicted octanol–water partition coefficient (Wildman–Crippen LogP) is 1.24. The fraction of sp³-hybridized carbons (Fsp3) is 0.875. The maximum atomic E-state index is 12.1. The zero-order chi connectivity index (χ0) is 16.7. The molecular formula is C16H32N4O2. The van der Waals surface area contributed by atoms with E-state index >= 15 is 0 Å². The van der Waals surface area contributed by atoms with E-state index in [0.29, 0.717) is 24.9 Å². The number of carbonyl (C=O) groups excluding carboxylic acids is 1. The number of nitrogens with zero attached hydrogens (tertiary/aromatic N) is 1. The fourth-order valence-corrected chi connectivity index (χ4v) is 3.55. The lowest BCUT2D eigenvalue weighted by Crippen LogP contribution is -2.49. The molecule has 0 aromatic heterocycles. The van der Waals surface area contributed by atoms with E-state index in [9.17, 15) is 4.79 Å². The van der Waals surface area contributed by atoms with E-state index in [-0.39, 0.29) is 29.9 Å². The van der Waals surface area contributed by atoms with Crippen LogP contribution in [0.25, 0.3) is 0 Å². The zero-order valence-electron chi connectivity index (χ0n) is 14.3. The standard InChI is InChI=1S/C16H32N4O2/c1-5-10(6-2)14(17)12-8-11(15(21)22-7-3)9-13(12)20-16(18)19-4/h10-14H,5-9,17H2,1-4H3,(H3,18,19,20)/t11-,12-,13-,14?/m1/s1. The number of carbonyl (C=O) groups is 1. The van der Waals surface area contributed by atoms with Crippen LogP contribution in [0.1, 0.15) is 46.5 Å². The van der Waals surface area contributed by atoms with Crippen molar-refractivity contribution in [2.24, 2.45) is 34.2 Å². The van der Waals surface area contributed by atoms with Crippen LogP contribution in [-0.4, -0.2) is 37.7 Å². The van der Waals surface area contributed by atoms with E-state index in [4.69, 9.17) is 16.2 Å². The first-order chi connectivity index (χ1) is 10.5. The van der Waals surface area contributed by atoms with Crippen molar-refractivity contribution in [1.29, 1.82) is 0 Å². The number of aliphatic imine (C=N–C) groups is 1. The number of hydrogen-bond acceptors (Lipinski definition) is 4. The summed E-state index contributed by atoms with van der Waals surface area (Å²) < 4.78 is 5.18. The monoisotopic (exact) mass is 312 g/mol. The molecule has 1 aliphatic rings. The Kier molecular flexibility index (Phi) is 7.65. The highest BCUT2D eigenvalue weighted by Crippen LogP contribution is 2.37. The second-order valence-electron chi connectivity index (χ2n) is 6.10. The third-order valence-electron chi connectivity index (χ3n) is 4.89. The van der Waals surface area contributed by atoms with Crippen LogP contribution in [-0.2, 0) is 9.53 Å². The summed E-state index contributed by atoms with van der Waals surface area (Å²) in [6.45, 7) is 6.57. The van der Waals surface area contributed by atoms with Crippen LogP contribution in [0.15, 0.2) is 4.99 Å². The van der Waals surface area contributed by atoms with Gasteiger partial charge in [0.15, 0.2) is 5.96 Å². The van der Waals surface area contributed by atoms with Crippen LogP contribution < -0.4 is 16.8 Å². The van der Waals surface area contributed by atoms with Crippen LogP contribution in [0.4, 0.5) is 0 Å². The Balaban J connectivity index is 2.86. The van der Waals surface area contributed by atoms with Crippen molar-refractivity contribution < 1.29 is 9.53 Å². The van der Waals surface area contributed by atoms with Gasteiger partial charge in [-0.25, -0.2) is 0 Å². The number of rotatable bonds is 7. The maximum Gasteiger partial charge on any atom is 0.309 e. The van der Waals surface area contributed by atoms with Crippen LogP contribution in [0.2, 0.25) is 0 Å². The topological polar surface area (TPSA) is 103 Å². The average Bonchev–Trinajstić information content (AvgIpc) is 2.92. The Morgan fingerprint density at radius 3 is 2.45 bits per heavy atom. The molecule has 6 nitrogen and oxygen atoms in total. The summed E-state index contributed by atoms with van der Waals surface area (Å²) in [5, 5.41) is 3.23.